The van der Waals surface area contributed by atoms with E-state index < -0.39 is 0 Å². The van der Waals surface area contributed by atoms with Crippen LogP contribution in [-0.2, 0) is 6.54 Å². The van der Waals surface area contributed by atoms with Gasteiger partial charge in [-0.25, -0.2) is 4.98 Å². The van der Waals surface area contributed by atoms with Crippen LogP contribution in [0, 0.1) is 0 Å². The number of anilines is 3. The van der Waals surface area contributed by atoms with E-state index in [1.807, 2.05) is 42.5 Å². The second-order valence-electron chi connectivity index (χ2n) is 6.11. The number of nitrogens with zero attached hydrogens (tertiary/aromatic N) is 2. The van der Waals surface area contributed by atoms with E-state index in [4.69, 9.17) is 0 Å². The van der Waals surface area contributed by atoms with Crippen molar-refractivity contribution in [2.75, 3.05) is 10.6 Å². The summed E-state index contributed by atoms with van der Waals surface area (Å²) in [7, 11) is 0. The van der Waals surface area contributed by atoms with Crippen LogP contribution < -0.4 is 10.6 Å². The second-order valence-corrected chi connectivity index (χ2v) is 7.14. The molecular formula is C21H18N4OS. The lowest BCUT2D eigenvalue weighted by molar-refractivity contribution is 0.101. The van der Waals surface area contributed by atoms with Crippen molar-refractivity contribution in [2.45, 2.75) is 13.5 Å². The summed E-state index contributed by atoms with van der Waals surface area (Å²) in [5.74, 6) is 1.29. The number of hydrogen-bond acceptors (Lipinski definition) is 6. The lowest BCUT2D eigenvalue weighted by atomic mass is 10.1. The van der Waals surface area contributed by atoms with E-state index in [0.717, 1.165) is 22.4 Å². The molecule has 134 valence electrons. The molecule has 6 heteroatoms. The first kappa shape index (κ1) is 17.2. The number of benzene rings is 2. The number of hydrogen-bond donors (Lipinski definition) is 2. The van der Waals surface area contributed by atoms with Crippen LogP contribution in [0.2, 0.25) is 0 Å². The van der Waals surface area contributed by atoms with Crippen LogP contribution in [0.3, 0.4) is 0 Å². The first-order valence-electron chi connectivity index (χ1n) is 8.60. The van der Waals surface area contributed by atoms with Crippen LogP contribution in [0.5, 0.6) is 0 Å². The van der Waals surface area contributed by atoms with Gasteiger partial charge in [-0.05, 0) is 42.6 Å². The highest BCUT2D eigenvalue weighted by molar-refractivity contribution is 7.09. The number of fused-ring (bicyclic) bond motifs is 1. The number of nitrogens with one attached hydrogen (secondary N) is 2. The van der Waals surface area contributed by atoms with Gasteiger partial charge in [0.05, 0.1) is 12.1 Å². The fraction of sp³-hybridized carbons (Fsp3) is 0.0952. The Morgan fingerprint density at radius 3 is 2.74 bits per heavy atom. The smallest absolute Gasteiger partial charge is 0.229 e. The van der Waals surface area contributed by atoms with Crippen LogP contribution in [-0.4, -0.2) is 15.8 Å². The number of aromatic nitrogens is 2. The zero-order valence-electron chi connectivity index (χ0n) is 14.8. The Morgan fingerprint density at radius 1 is 1.04 bits per heavy atom. The maximum absolute atomic E-state index is 11.6. The molecule has 27 heavy (non-hydrogen) atoms. The summed E-state index contributed by atoms with van der Waals surface area (Å²) >= 11 is 1.71. The van der Waals surface area contributed by atoms with Crippen molar-refractivity contribution < 1.29 is 4.79 Å². The third-order valence-electron chi connectivity index (χ3n) is 4.14. The van der Waals surface area contributed by atoms with Gasteiger partial charge in [0.25, 0.3) is 0 Å². The van der Waals surface area contributed by atoms with Gasteiger partial charge in [-0.1, -0.05) is 30.3 Å². The highest BCUT2D eigenvalue weighted by atomic mass is 32.1. The molecule has 4 rings (SSSR count). The average molecular weight is 374 g/mol. The Labute approximate surface area is 161 Å². The number of para-hydroxylation sites is 1. The molecule has 4 aromatic rings. The van der Waals surface area contributed by atoms with Crippen molar-refractivity contribution in [3.05, 3.63) is 76.5 Å². The molecule has 0 radical (unpaired) electrons. The van der Waals surface area contributed by atoms with Gasteiger partial charge in [0.2, 0.25) is 5.95 Å². The summed E-state index contributed by atoms with van der Waals surface area (Å²) in [5, 5.41) is 9.65. The Balaban J connectivity index is 1.66. The van der Waals surface area contributed by atoms with Crippen molar-refractivity contribution in [3.63, 3.8) is 0 Å². The molecule has 0 aliphatic rings. The summed E-state index contributed by atoms with van der Waals surface area (Å²) < 4.78 is 0. The monoisotopic (exact) mass is 374 g/mol. The summed E-state index contributed by atoms with van der Waals surface area (Å²) in [6.45, 7) is 2.26. The van der Waals surface area contributed by atoms with Gasteiger partial charge in [0, 0.05) is 21.5 Å². The molecule has 0 unspecified atom stereocenters. The van der Waals surface area contributed by atoms with Crippen LogP contribution in [0.4, 0.5) is 17.5 Å². The Bertz CT molecular complexity index is 1090. The van der Waals surface area contributed by atoms with E-state index in [2.05, 4.69) is 32.0 Å². The molecule has 0 saturated carbocycles. The fourth-order valence-electron chi connectivity index (χ4n) is 2.80. The topological polar surface area (TPSA) is 66.9 Å². The van der Waals surface area contributed by atoms with E-state index in [1.165, 1.54) is 4.88 Å². The number of rotatable bonds is 6. The minimum absolute atomic E-state index is 0.0244. The van der Waals surface area contributed by atoms with Crippen molar-refractivity contribution in [3.8, 4) is 0 Å². The van der Waals surface area contributed by atoms with Gasteiger partial charge < -0.3 is 10.6 Å². The average Bonchev–Trinajstić information content (AvgIpc) is 3.20. The number of Topliss-reactive ketones (excluding diaryl/α,β-unsaturated/α-hetero) is 1. The lowest BCUT2D eigenvalue weighted by Gasteiger charge is -2.12. The number of thiophene rings is 1. The molecule has 0 spiro atoms. The minimum atomic E-state index is 0.0244. The van der Waals surface area contributed by atoms with Crippen molar-refractivity contribution >= 4 is 45.5 Å². The third kappa shape index (κ3) is 3.96. The Kier molecular flexibility index (Phi) is 4.80. The van der Waals surface area contributed by atoms with Crippen LogP contribution >= 0.6 is 11.3 Å². The van der Waals surface area contributed by atoms with Crippen molar-refractivity contribution in [2.24, 2.45) is 0 Å². The largest absolute Gasteiger partial charge is 0.364 e. The van der Waals surface area contributed by atoms with Gasteiger partial charge in [-0.3, -0.25) is 4.79 Å². The molecule has 0 aliphatic heterocycles. The van der Waals surface area contributed by atoms with Crippen LogP contribution in [0.1, 0.15) is 22.2 Å². The molecular weight excluding hydrogens is 356 g/mol. The minimum Gasteiger partial charge on any atom is -0.364 e. The molecule has 0 saturated heterocycles. The predicted molar refractivity (Wildman–Crippen MR) is 111 cm³/mol. The van der Waals surface area contributed by atoms with E-state index in [-0.39, 0.29) is 5.78 Å². The summed E-state index contributed by atoms with van der Waals surface area (Å²) in [6, 6.07) is 19.4. The number of carbonyl (C=O) groups is 1. The molecule has 2 heterocycles. The highest BCUT2D eigenvalue weighted by Gasteiger charge is 2.09. The van der Waals surface area contributed by atoms with Crippen LogP contribution in [0.15, 0.2) is 66.0 Å². The molecule has 0 atom stereocenters. The summed E-state index contributed by atoms with van der Waals surface area (Å²) in [6.07, 6.45) is 0. The molecule has 2 aromatic carbocycles. The summed E-state index contributed by atoms with van der Waals surface area (Å²) in [4.78, 5) is 22.1. The molecule has 0 bridgehead atoms. The normalized spacial score (nSPS) is 10.7. The fourth-order valence-corrected chi connectivity index (χ4v) is 3.44. The molecule has 2 aromatic heterocycles. The molecule has 0 fully saturated rings. The zero-order chi connectivity index (χ0) is 18.6. The maximum Gasteiger partial charge on any atom is 0.229 e. The van der Waals surface area contributed by atoms with E-state index >= 15 is 0 Å². The third-order valence-corrected chi connectivity index (χ3v) is 5.02. The standard InChI is InChI=1S/C21H18N4OS/c1-14(26)15-6-4-7-16(12-15)23-21-24-19-10-3-2-9-18(19)20(25-21)22-13-17-8-5-11-27-17/h2-12H,13H2,1H3,(H2,22,23,24,25). The van der Waals surface area contributed by atoms with E-state index in [1.54, 1.807) is 30.4 Å². The molecule has 0 amide bonds. The van der Waals surface area contributed by atoms with E-state index in [9.17, 15) is 4.79 Å². The molecule has 5 nitrogen and oxygen atoms in total. The SMILES string of the molecule is CC(=O)c1cccc(Nc2nc(NCc3cccs3)c3ccccc3n2)c1. The highest BCUT2D eigenvalue weighted by Crippen LogP contribution is 2.25. The zero-order valence-corrected chi connectivity index (χ0v) is 15.6. The lowest BCUT2D eigenvalue weighted by Crippen LogP contribution is -2.05. The van der Waals surface area contributed by atoms with Crippen LogP contribution in [0.25, 0.3) is 10.9 Å². The van der Waals surface area contributed by atoms with Gasteiger partial charge in [0.15, 0.2) is 5.78 Å². The summed E-state index contributed by atoms with van der Waals surface area (Å²) in [5.41, 5.74) is 2.28. The second kappa shape index (κ2) is 7.55. The molecule has 2 N–H and O–H groups in total. The van der Waals surface area contributed by atoms with Gasteiger partial charge in [0.1, 0.15) is 5.82 Å². The number of ketones is 1. The van der Waals surface area contributed by atoms with Crippen molar-refractivity contribution in [1.29, 1.82) is 0 Å². The van der Waals surface area contributed by atoms with Crippen molar-refractivity contribution in [1.82, 2.24) is 9.97 Å². The predicted octanol–water partition coefficient (Wildman–Crippen LogP) is 5.25. The molecule has 0 aliphatic carbocycles. The van der Waals surface area contributed by atoms with E-state index in [0.29, 0.717) is 18.1 Å². The van der Waals surface area contributed by atoms with Gasteiger partial charge in [-0.15, -0.1) is 11.3 Å². The quantitative estimate of drug-likeness (QED) is 0.451. The first-order valence-corrected chi connectivity index (χ1v) is 9.48. The van der Waals surface area contributed by atoms with Gasteiger partial charge >= 0.3 is 0 Å². The number of carbonyl (C=O) groups excluding carboxylic acids is 1. The Morgan fingerprint density at radius 2 is 1.93 bits per heavy atom. The van der Waals surface area contributed by atoms with Gasteiger partial charge in [-0.2, -0.15) is 4.98 Å². The first-order chi connectivity index (χ1) is 13.2. The maximum atomic E-state index is 11.6. The Hall–Kier alpha value is -3.25.